The molecule has 1 aliphatic heterocycles. The summed E-state index contributed by atoms with van der Waals surface area (Å²) < 4.78 is 5.15. The van der Waals surface area contributed by atoms with Crippen LogP contribution in [0.4, 0.5) is 0 Å². The first-order chi connectivity index (χ1) is 13.2. The van der Waals surface area contributed by atoms with Crippen LogP contribution in [0.2, 0.25) is 5.02 Å². The van der Waals surface area contributed by atoms with Crippen LogP contribution >= 0.6 is 23.4 Å². The van der Waals surface area contributed by atoms with E-state index in [9.17, 15) is 0 Å². The Morgan fingerprint density at radius 1 is 1.07 bits per heavy atom. The second-order valence-electron chi connectivity index (χ2n) is 6.27. The first-order valence-corrected chi connectivity index (χ1v) is 10.1. The van der Waals surface area contributed by atoms with Crippen LogP contribution in [0.3, 0.4) is 0 Å². The maximum Gasteiger partial charge on any atom is 0.212 e. The van der Waals surface area contributed by atoms with E-state index in [1.165, 1.54) is 5.56 Å². The average molecular weight is 395 g/mol. The van der Waals surface area contributed by atoms with Gasteiger partial charge in [-0.1, -0.05) is 48.0 Å². The van der Waals surface area contributed by atoms with Crippen molar-refractivity contribution >= 4 is 29.1 Å². The molecule has 0 amide bonds. The molecule has 5 heteroatoms. The molecule has 0 spiro atoms. The summed E-state index contributed by atoms with van der Waals surface area (Å²) in [6.07, 6.45) is 1.82. The van der Waals surface area contributed by atoms with E-state index in [1.54, 1.807) is 18.9 Å². The van der Waals surface area contributed by atoms with Crippen LogP contribution in [0.15, 0.2) is 72.3 Å². The van der Waals surface area contributed by atoms with E-state index >= 15 is 0 Å². The topological polar surface area (TPSA) is 25.4 Å². The van der Waals surface area contributed by atoms with E-state index in [2.05, 4.69) is 45.6 Å². The minimum atomic E-state index is 0.608. The molecular weight excluding hydrogens is 376 g/mol. The first-order valence-electron chi connectivity index (χ1n) is 8.65. The van der Waals surface area contributed by atoms with Crippen molar-refractivity contribution in [3.8, 4) is 17.0 Å². The maximum atomic E-state index is 6.57. The smallest absolute Gasteiger partial charge is 0.212 e. The van der Waals surface area contributed by atoms with Gasteiger partial charge in [0, 0.05) is 35.0 Å². The van der Waals surface area contributed by atoms with Crippen molar-refractivity contribution in [1.82, 2.24) is 9.88 Å². The average Bonchev–Trinajstić information content (AvgIpc) is 3.17. The molecule has 3 nitrogen and oxygen atoms in total. The summed E-state index contributed by atoms with van der Waals surface area (Å²) in [6.45, 7) is 0.865. The number of nitrogens with zero attached hydrogens (tertiary/aromatic N) is 2. The number of benzene rings is 2. The molecule has 0 bridgehead atoms. The van der Waals surface area contributed by atoms with Crippen LogP contribution < -0.4 is 4.74 Å². The molecule has 0 fully saturated rings. The SMILES string of the molecule is COc1ccc(-c2ccc(Cl)c(C3=CSCN3Cc3ccccc3)c2)cn1. The van der Waals surface area contributed by atoms with Gasteiger partial charge >= 0.3 is 0 Å². The van der Waals surface area contributed by atoms with Crippen molar-refractivity contribution in [2.24, 2.45) is 0 Å². The van der Waals surface area contributed by atoms with Crippen LogP contribution in [0.5, 0.6) is 5.88 Å². The maximum absolute atomic E-state index is 6.57. The zero-order valence-electron chi connectivity index (χ0n) is 14.9. The Bertz CT molecular complexity index is 958. The van der Waals surface area contributed by atoms with E-state index in [0.717, 1.165) is 39.8 Å². The molecule has 1 aromatic heterocycles. The van der Waals surface area contributed by atoms with Gasteiger partial charge in [-0.15, -0.1) is 11.8 Å². The van der Waals surface area contributed by atoms with E-state index in [0.29, 0.717) is 5.88 Å². The lowest BCUT2D eigenvalue weighted by molar-refractivity contribution is 0.398. The van der Waals surface area contributed by atoms with E-state index < -0.39 is 0 Å². The largest absolute Gasteiger partial charge is 0.481 e. The van der Waals surface area contributed by atoms with E-state index in [4.69, 9.17) is 16.3 Å². The van der Waals surface area contributed by atoms with Gasteiger partial charge in [-0.25, -0.2) is 4.98 Å². The van der Waals surface area contributed by atoms with Gasteiger partial charge in [0.05, 0.1) is 18.7 Å². The number of aromatic nitrogens is 1. The lowest BCUT2D eigenvalue weighted by Gasteiger charge is -2.23. The molecule has 0 saturated carbocycles. The number of hydrogen-bond donors (Lipinski definition) is 0. The van der Waals surface area contributed by atoms with Crippen LogP contribution in [-0.2, 0) is 6.54 Å². The van der Waals surface area contributed by atoms with Crippen LogP contribution in [0.1, 0.15) is 11.1 Å². The minimum absolute atomic E-state index is 0.608. The number of hydrogen-bond acceptors (Lipinski definition) is 4. The number of methoxy groups -OCH3 is 1. The van der Waals surface area contributed by atoms with Crippen molar-refractivity contribution in [2.45, 2.75) is 6.54 Å². The molecule has 0 unspecified atom stereocenters. The Labute approximate surface area is 168 Å². The summed E-state index contributed by atoms with van der Waals surface area (Å²) in [4.78, 5) is 6.67. The van der Waals surface area contributed by atoms with Gasteiger partial charge < -0.3 is 9.64 Å². The van der Waals surface area contributed by atoms with E-state index in [-0.39, 0.29) is 0 Å². The Balaban J connectivity index is 1.64. The summed E-state index contributed by atoms with van der Waals surface area (Å²) in [5, 5.41) is 2.95. The summed E-state index contributed by atoms with van der Waals surface area (Å²) in [5.41, 5.74) is 5.62. The fourth-order valence-electron chi connectivity index (χ4n) is 3.09. The normalized spacial score (nSPS) is 13.6. The summed E-state index contributed by atoms with van der Waals surface area (Å²) in [7, 11) is 1.62. The highest BCUT2D eigenvalue weighted by Crippen LogP contribution is 2.37. The number of ether oxygens (including phenoxy) is 1. The van der Waals surface area contributed by atoms with Gasteiger partial charge in [-0.2, -0.15) is 0 Å². The molecule has 0 aliphatic carbocycles. The molecule has 136 valence electrons. The van der Waals surface area contributed by atoms with Crippen LogP contribution in [-0.4, -0.2) is 22.9 Å². The van der Waals surface area contributed by atoms with E-state index in [1.807, 2.05) is 36.5 Å². The number of rotatable bonds is 5. The fourth-order valence-corrected chi connectivity index (χ4v) is 4.22. The third kappa shape index (κ3) is 3.97. The lowest BCUT2D eigenvalue weighted by Crippen LogP contribution is -2.17. The summed E-state index contributed by atoms with van der Waals surface area (Å²) in [6, 6.07) is 20.5. The zero-order valence-corrected chi connectivity index (χ0v) is 16.5. The summed E-state index contributed by atoms with van der Waals surface area (Å²) in [5.74, 6) is 1.53. The predicted molar refractivity (Wildman–Crippen MR) is 114 cm³/mol. The van der Waals surface area contributed by atoms with Gasteiger partial charge in [-0.3, -0.25) is 0 Å². The Morgan fingerprint density at radius 2 is 1.89 bits per heavy atom. The molecule has 1 aliphatic rings. The lowest BCUT2D eigenvalue weighted by atomic mass is 10.0. The number of pyridine rings is 1. The van der Waals surface area contributed by atoms with Crippen molar-refractivity contribution in [3.63, 3.8) is 0 Å². The quantitative estimate of drug-likeness (QED) is 0.536. The van der Waals surface area contributed by atoms with Crippen molar-refractivity contribution in [3.05, 3.63) is 88.4 Å². The summed E-state index contributed by atoms with van der Waals surface area (Å²) >= 11 is 8.36. The van der Waals surface area contributed by atoms with Gasteiger partial charge in [0.15, 0.2) is 0 Å². The van der Waals surface area contributed by atoms with Gasteiger partial charge in [0.25, 0.3) is 0 Å². The molecule has 0 atom stereocenters. The molecule has 0 radical (unpaired) electrons. The first kappa shape index (κ1) is 18.0. The number of thioether (sulfide) groups is 1. The molecule has 4 rings (SSSR count). The fraction of sp³-hybridized carbons (Fsp3) is 0.136. The predicted octanol–water partition coefficient (Wildman–Crippen LogP) is 5.92. The van der Waals surface area contributed by atoms with Crippen LogP contribution in [0, 0.1) is 0 Å². The second-order valence-corrected chi connectivity index (χ2v) is 7.50. The monoisotopic (exact) mass is 394 g/mol. The molecule has 2 heterocycles. The molecule has 27 heavy (non-hydrogen) atoms. The molecule has 0 saturated heterocycles. The van der Waals surface area contributed by atoms with Crippen molar-refractivity contribution < 1.29 is 4.74 Å². The Kier molecular flexibility index (Phi) is 5.37. The highest BCUT2D eigenvalue weighted by Gasteiger charge is 2.20. The van der Waals surface area contributed by atoms with Crippen molar-refractivity contribution in [1.29, 1.82) is 0 Å². The minimum Gasteiger partial charge on any atom is -0.481 e. The molecule has 3 aromatic rings. The molecule has 0 N–H and O–H groups in total. The Morgan fingerprint density at radius 3 is 2.63 bits per heavy atom. The molecule has 2 aromatic carbocycles. The highest BCUT2D eigenvalue weighted by atomic mass is 35.5. The highest BCUT2D eigenvalue weighted by molar-refractivity contribution is 8.02. The van der Waals surface area contributed by atoms with Gasteiger partial charge in [0.1, 0.15) is 0 Å². The zero-order chi connectivity index (χ0) is 18.6. The van der Waals surface area contributed by atoms with Gasteiger partial charge in [-0.05, 0) is 34.7 Å². The van der Waals surface area contributed by atoms with Crippen molar-refractivity contribution in [2.75, 3.05) is 13.0 Å². The van der Waals surface area contributed by atoms with Crippen LogP contribution in [0.25, 0.3) is 16.8 Å². The Hall–Kier alpha value is -2.43. The standard InChI is InChI=1S/C22H19ClN2OS/c1-26-22-10-8-18(12-24-22)17-7-9-20(23)19(11-17)21-14-27-15-25(21)13-16-5-3-2-4-6-16/h2-12,14H,13,15H2,1H3. The number of halogens is 1. The van der Waals surface area contributed by atoms with Gasteiger partial charge in [0.2, 0.25) is 5.88 Å². The molecular formula is C22H19ClN2OS. The second kappa shape index (κ2) is 8.07. The third-order valence-corrected chi connectivity index (χ3v) is 5.68. The third-order valence-electron chi connectivity index (χ3n) is 4.50.